The molecular formula is C21H22ClN3Nb. The Hall–Kier alpha value is -1.91. The van der Waals surface area contributed by atoms with Gasteiger partial charge >= 0.3 is 22.4 Å². The fraction of sp³-hybridized carbons (Fsp3) is 0.143. The first-order chi connectivity index (χ1) is 12.3. The molecule has 0 saturated carbocycles. The molecule has 1 aromatic carbocycles. The number of halogens is 1. The molecule has 0 spiro atoms. The van der Waals surface area contributed by atoms with E-state index >= 15 is 0 Å². The van der Waals surface area contributed by atoms with Crippen molar-refractivity contribution >= 4 is 22.6 Å². The van der Waals surface area contributed by atoms with Crippen LogP contribution < -0.4 is 5.32 Å². The van der Waals surface area contributed by atoms with Crippen LogP contribution >= 0.6 is 11.6 Å². The zero-order valence-corrected chi connectivity index (χ0v) is 17.9. The van der Waals surface area contributed by atoms with Crippen LogP contribution in [-0.2, 0) is 28.8 Å². The van der Waals surface area contributed by atoms with Crippen molar-refractivity contribution < 1.29 is 22.4 Å². The third-order valence-corrected chi connectivity index (χ3v) is 3.63. The molecule has 3 nitrogen and oxygen atoms in total. The summed E-state index contributed by atoms with van der Waals surface area (Å²) in [6, 6.07) is 14.1. The van der Waals surface area contributed by atoms with E-state index in [2.05, 4.69) is 33.5 Å². The molecule has 0 fully saturated rings. The number of aromatic amines is 1. The van der Waals surface area contributed by atoms with Crippen LogP contribution in [0.15, 0.2) is 72.7 Å². The second-order valence-corrected chi connectivity index (χ2v) is 5.46. The van der Waals surface area contributed by atoms with Crippen molar-refractivity contribution in [3.05, 3.63) is 95.9 Å². The molecule has 0 bridgehead atoms. The topological polar surface area (TPSA) is 40.7 Å². The van der Waals surface area contributed by atoms with E-state index in [1.54, 1.807) is 30.5 Å². The van der Waals surface area contributed by atoms with Gasteiger partial charge in [-0.05, 0) is 30.3 Å². The van der Waals surface area contributed by atoms with Crippen LogP contribution in [0.25, 0.3) is 11.0 Å². The predicted molar refractivity (Wildman–Crippen MR) is 106 cm³/mol. The second kappa shape index (κ2) is 12.4. The molecule has 2 N–H and O–H groups in total. The Bertz CT molecular complexity index is 825. The largest absolute Gasteiger partial charge is 2.00 e. The van der Waals surface area contributed by atoms with Gasteiger partial charge in [0.25, 0.3) is 0 Å². The maximum Gasteiger partial charge on any atom is 2.00 e. The second-order valence-electron chi connectivity index (χ2n) is 5.02. The Labute approximate surface area is 176 Å². The van der Waals surface area contributed by atoms with Gasteiger partial charge in [-0.2, -0.15) is 30.3 Å². The minimum atomic E-state index is 0. The summed E-state index contributed by atoms with van der Waals surface area (Å²) >= 11 is 5.52. The molecule has 133 valence electrons. The van der Waals surface area contributed by atoms with Crippen molar-refractivity contribution in [3.63, 3.8) is 0 Å². The molecule has 0 aliphatic carbocycles. The number of nitrogens with one attached hydrogen (secondary N) is 2. The van der Waals surface area contributed by atoms with Gasteiger partial charge in [-0.15, -0.1) is 23.7 Å². The summed E-state index contributed by atoms with van der Waals surface area (Å²) in [5.74, 6) is 0. The van der Waals surface area contributed by atoms with Gasteiger partial charge in [0.15, 0.2) is 0 Å². The van der Waals surface area contributed by atoms with Gasteiger partial charge in [-0.3, -0.25) is 0 Å². The fourth-order valence-corrected chi connectivity index (χ4v) is 2.41. The first kappa shape index (κ1) is 22.1. The van der Waals surface area contributed by atoms with Gasteiger partial charge in [-0.25, -0.2) is 17.1 Å². The monoisotopic (exact) mass is 444 g/mol. The summed E-state index contributed by atoms with van der Waals surface area (Å²) in [4.78, 5) is 7.47. The smallest absolute Gasteiger partial charge is 0.447 e. The normalized spacial score (nSPS) is 11.4. The molecule has 2 aromatic heterocycles. The van der Waals surface area contributed by atoms with Crippen molar-refractivity contribution in [1.82, 2.24) is 15.3 Å². The summed E-state index contributed by atoms with van der Waals surface area (Å²) in [5, 5.41) is 5.06. The maximum atomic E-state index is 5.52. The van der Waals surface area contributed by atoms with Crippen molar-refractivity contribution in [3.8, 4) is 0 Å². The van der Waals surface area contributed by atoms with E-state index in [0.717, 1.165) is 17.1 Å². The van der Waals surface area contributed by atoms with Crippen LogP contribution in [0.2, 0.25) is 5.02 Å². The van der Waals surface area contributed by atoms with E-state index in [1.165, 1.54) is 16.5 Å². The maximum absolute atomic E-state index is 5.52. The number of H-pyrrole nitrogens is 1. The quantitative estimate of drug-likeness (QED) is 0.406. The molecule has 4 rings (SSSR count). The van der Waals surface area contributed by atoms with E-state index in [9.17, 15) is 0 Å². The molecule has 1 radical (unpaired) electrons. The first-order valence-corrected chi connectivity index (χ1v) is 8.68. The van der Waals surface area contributed by atoms with Gasteiger partial charge in [0.05, 0.1) is 0 Å². The molecule has 0 amide bonds. The number of pyridine rings is 1. The van der Waals surface area contributed by atoms with Gasteiger partial charge in [0.2, 0.25) is 0 Å². The molecule has 1 aliphatic rings. The number of benzene rings is 1. The van der Waals surface area contributed by atoms with Crippen molar-refractivity contribution in [1.29, 1.82) is 0 Å². The zero-order valence-electron chi connectivity index (χ0n) is 14.9. The number of fused-ring (bicyclic) bond motifs is 1. The third-order valence-electron chi connectivity index (χ3n) is 3.38. The molecular weight excluding hydrogens is 423 g/mol. The standard InChI is InChI=1S/C13H12N3.C6H4Cl.C2H6.Nb/c1-3-10(8-14-5-1)7-11-9-16-13-12(11)4-2-6-15-13;7-6-4-2-1-3-5-6;1-2;/h1-6,8-9,14H,7H2,(H,15,16);2-5H;1-2H3;/q2*-1;;+2. The van der Waals surface area contributed by atoms with Crippen LogP contribution in [0.5, 0.6) is 0 Å². The minimum Gasteiger partial charge on any atom is -0.447 e. The summed E-state index contributed by atoms with van der Waals surface area (Å²) in [7, 11) is 0. The molecule has 1 aliphatic heterocycles. The predicted octanol–water partition coefficient (Wildman–Crippen LogP) is 5.47. The number of aromatic nitrogens is 2. The molecule has 3 heterocycles. The summed E-state index contributed by atoms with van der Waals surface area (Å²) in [6.45, 7) is 5.92. The van der Waals surface area contributed by atoms with E-state index in [4.69, 9.17) is 11.6 Å². The minimum absolute atomic E-state index is 0. The third kappa shape index (κ3) is 6.77. The number of hydrogen-bond donors (Lipinski definition) is 2. The van der Waals surface area contributed by atoms with E-state index < -0.39 is 0 Å². The van der Waals surface area contributed by atoms with Crippen LogP contribution in [0, 0.1) is 12.6 Å². The van der Waals surface area contributed by atoms with E-state index in [-0.39, 0.29) is 22.4 Å². The van der Waals surface area contributed by atoms with Crippen molar-refractivity contribution in [2.24, 2.45) is 0 Å². The number of rotatable bonds is 2. The van der Waals surface area contributed by atoms with Crippen molar-refractivity contribution in [2.45, 2.75) is 20.3 Å². The van der Waals surface area contributed by atoms with Gasteiger partial charge in [-0.1, -0.05) is 18.9 Å². The molecule has 26 heavy (non-hydrogen) atoms. The van der Waals surface area contributed by atoms with Gasteiger partial charge in [0.1, 0.15) is 5.65 Å². The van der Waals surface area contributed by atoms with Crippen molar-refractivity contribution in [2.75, 3.05) is 0 Å². The summed E-state index contributed by atoms with van der Waals surface area (Å²) in [6.07, 6.45) is 10.9. The Kier molecular flexibility index (Phi) is 10.6. The molecule has 5 heteroatoms. The Balaban J connectivity index is 0.000000287. The first-order valence-electron chi connectivity index (χ1n) is 8.30. The summed E-state index contributed by atoms with van der Waals surface area (Å²) in [5.41, 5.74) is 3.51. The van der Waals surface area contributed by atoms with Crippen LogP contribution in [0.1, 0.15) is 19.4 Å². The van der Waals surface area contributed by atoms with E-state index in [0.29, 0.717) is 0 Å². The number of allylic oxidation sites excluding steroid dienone is 2. The number of dihydropyridines is 1. The van der Waals surface area contributed by atoms with Crippen LogP contribution in [0.4, 0.5) is 0 Å². The zero-order chi connectivity index (χ0) is 17.9. The molecule has 3 aromatic rings. The van der Waals surface area contributed by atoms with Gasteiger partial charge < -0.3 is 10.3 Å². The number of hydrogen-bond acceptors (Lipinski definition) is 2. The molecule has 0 saturated heterocycles. The van der Waals surface area contributed by atoms with Crippen LogP contribution in [-0.4, -0.2) is 9.97 Å². The van der Waals surface area contributed by atoms with Gasteiger partial charge in [0, 0.05) is 17.8 Å². The molecule has 0 atom stereocenters. The average molecular weight is 445 g/mol. The number of nitrogens with zero attached hydrogens (tertiary/aromatic N) is 1. The van der Waals surface area contributed by atoms with E-state index in [1.807, 2.05) is 44.9 Å². The Morgan fingerprint density at radius 2 is 1.96 bits per heavy atom. The summed E-state index contributed by atoms with van der Waals surface area (Å²) < 4.78 is 0. The molecule has 0 unspecified atom stereocenters. The van der Waals surface area contributed by atoms with Crippen LogP contribution in [0.3, 0.4) is 0 Å². The SMILES string of the molecule is C1=CC(Cc2c[nH]c3ncccc23)=CN[CH-]1.CC.Clc1cc[c-]cc1.[Nb+2]. The Morgan fingerprint density at radius 1 is 1.19 bits per heavy atom. The Morgan fingerprint density at radius 3 is 2.58 bits per heavy atom. The fourth-order valence-electron chi connectivity index (χ4n) is 2.29. The average Bonchev–Trinajstić information content (AvgIpc) is 3.09.